The van der Waals surface area contributed by atoms with E-state index in [0.29, 0.717) is 6.54 Å². The zero-order chi connectivity index (χ0) is 14.3. The minimum absolute atomic E-state index is 0.262. The summed E-state index contributed by atoms with van der Waals surface area (Å²) in [6.07, 6.45) is 0. The van der Waals surface area contributed by atoms with E-state index in [4.69, 9.17) is 10.3 Å². The van der Waals surface area contributed by atoms with Crippen LogP contribution in [-0.4, -0.2) is 24.3 Å². The van der Waals surface area contributed by atoms with E-state index < -0.39 is 12.8 Å². The maximum absolute atomic E-state index is 13.2. The van der Waals surface area contributed by atoms with Crippen molar-refractivity contribution in [3.8, 4) is 0 Å². The number of hydrogen-bond acceptors (Lipinski definition) is 4. The molecular weight excluding hydrogens is 329 g/mol. The molecule has 0 amide bonds. The Hall–Kier alpha value is -0.840. The van der Waals surface area contributed by atoms with Crippen molar-refractivity contribution in [3.63, 3.8) is 0 Å². The van der Waals surface area contributed by atoms with Gasteiger partial charge in [0.15, 0.2) is 11.2 Å². The second-order valence-electron chi connectivity index (χ2n) is 4.42. The second kappa shape index (κ2) is 4.93. The first-order chi connectivity index (χ1) is 8.89. The lowest BCUT2D eigenvalue weighted by atomic mass is 10.1. The molecule has 0 aliphatic carbocycles. The molecule has 1 aromatic carbocycles. The lowest BCUT2D eigenvalue weighted by Gasteiger charge is -2.32. The lowest BCUT2D eigenvalue weighted by molar-refractivity contribution is 0.334. The Bertz CT molecular complexity index is 561. The first kappa shape index (κ1) is 14.6. The minimum Gasteiger partial charge on any atom is -0.369 e. The summed E-state index contributed by atoms with van der Waals surface area (Å²) in [4.78, 5) is 4.41. The Labute approximate surface area is 121 Å². The normalized spacial score (nSPS) is 30.5. The molecule has 2 atom stereocenters. The van der Waals surface area contributed by atoms with Crippen molar-refractivity contribution in [1.29, 1.82) is 0 Å². The average molecular weight is 346 g/mol. The van der Waals surface area contributed by atoms with Crippen molar-refractivity contribution in [1.82, 2.24) is 4.67 Å². The summed E-state index contributed by atoms with van der Waals surface area (Å²) < 4.78 is 21.0. The molecule has 5 nitrogen and oxygen atoms in total. The largest absolute Gasteiger partial charge is 0.369 e. The highest BCUT2D eigenvalue weighted by Crippen LogP contribution is 2.69. The van der Waals surface area contributed by atoms with Gasteiger partial charge in [-0.15, -0.1) is 0 Å². The van der Waals surface area contributed by atoms with E-state index in [1.165, 1.54) is 7.11 Å². The van der Waals surface area contributed by atoms with Crippen LogP contribution >= 0.6 is 23.4 Å². The highest BCUT2D eigenvalue weighted by Gasteiger charge is 2.56. The van der Waals surface area contributed by atoms with Gasteiger partial charge in [-0.3, -0.25) is 9.24 Å². The summed E-state index contributed by atoms with van der Waals surface area (Å²) in [6, 6.07) is 7.54. The molecule has 1 aromatic rings. The van der Waals surface area contributed by atoms with E-state index in [2.05, 4.69) is 20.9 Å². The Morgan fingerprint density at radius 3 is 2.53 bits per heavy atom. The molecule has 19 heavy (non-hydrogen) atoms. The number of hydrogen-bond donors (Lipinski definition) is 1. The summed E-state index contributed by atoms with van der Waals surface area (Å²) in [5.41, 5.74) is 6.72. The maximum Gasteiger partial charge on any atom is 0.329 e. The predicted octanol–water partition coefficient (Wildman–Crippen LogP) is 3.11. The van der Waals surface area contributed by atoms with E-state index in [1.807, 2.05) is 31.2 Å². The Morgan fingerprint density at radius 1 is 1.47 bits per heavy atom. The van der Waals surface area contributed by atoms with Gasteiger partial charge in [-0.1, -0.05) is 28.1 Å². The van der Waals surface area contributed by atoms with Crippen LogP contribution in [0.15, 0.2) is 33.7 Å². The van der Waals surface area contributed by atoms with E-state index >= 15 is 0 Å². The highest BCUT2D eigenvalue weighted by molar-refractivity contribution is 9.10. The third kappa shape index (κ3) is 2.02. The van der Waals surface area contributed by atoms with Gasteiger partial charge in [-0.2, -0.15) is 0 Å². The van der Waals surface area contributed by atoms with Crippen LogP contribution in [0.2, 0.25) is 0 Å². The first-order valence-corrected chi connectivity index (χ1v) is 8.31. The standard InChI is InChI=1S/C12H17BrN3O2P/c1-4-16-11(14)15-12(2,19(16,17)18-3)9-5-7-10(13)8-6-9/h5-8H,4H2,1-3H3,(H2,14,15). The number of benzene rings is 1. The molecule has 104 valence electrons. The van der Waals surface area contributed by atoms with Gasteiger partial charge in [0.25, 0.3) is 0 Å². The highest BCUT2D eigenvalue weighted by atomic mass is 79.9. The SMILES string of the molecule is CCN1C(N)=NC(C)(c2ccc(Br)cc2)P1(=O)OC. The van der Waals surface area contributed by atoms with Crippen LogP contribution in [0.3, 0.4) is 0 Å². The fourth-order valence-corrected chi connectivity index (χ4v) is 5.01. The quantitative estimate of drug-likeness (QED) is 0.854. The summed E-state index contributed by atoms with van der Waals surface area (Å²) in [5.74, 6) is 0.262. The molecule has 0 radical (unpaired) electrons. The van der Waals surface area contributed by atoms with Gasteiger partial charge in [-0.05, 0) is 31.5 Å². The van der Waals surface area contributed by atoms with E-state index in [-0.39, 0.29) is 5.96 Å². The minimum atomic E-state index is -3.19. The smallest absolute Gasteiger partial charge is 0.329 e. The molecule has 0 bridgehead atoms. The Kier molecular flexibility index (Phi) is 3.78. The van der Waals surface area contributed by atoms with Crippen LogP contribution in [0.4, 0.5) is 0 Å². The van der Waals surface area contributed by atoms with Crippen LogP contribution < -0.4 is 5.73 Å². The monoisotopic (exact) mass is 345 g/mol. The Morgan fingerprint density at radius 2 is 2.05 bits per heavy atom. The predicted molar refractivity (Wildman–Crippen MR) is 80.1 cm³/mol. The topological polar surface area (TPSA) is 67.9 Å². The molecule has 0 saturated carbocycles. The number of guanidine groups is 1. The van der Waals surface area contributed by atoms with Crippen molar-refractivity contribution >= 4 is 29.4 Å². The fourth-order valence-electron chi connectivity index (χ4n) is 2.33. The molecule has 0 fully saturated rings. The molecular formula is C12H17BrN3O2P. The number of aliphatic imine (C=N–C) groups is 1. The van der Waals surface area contributed by atoms with Crippen LogP contribution in [0.5, 0.6) is 0 Å². The zero-order valence-corrected chi connectivity index (χ0v) is 13.6. The summed E-state index contributed by atoms with van der Waals surface area (Å²) in [5, 5.41) is -0.970. The van der Waals surface area contributed by atoms with Crippen LogP contribution in [-0.2, 0) is 14.4 Å². The molecule has 2 N–H and O–H groups in total. The van der Waals surface area contributed by atoms with Crippen molar-refractivity contribution in [2.24, 2.45) is 10.7 Å². The second-order valence-corrected chi connectivity index (χ2v) is 8.09. The van der Waals surface area contributed by atoms with Gasteiger partial charge in [0.05, 0.1) is 0 Å². The number of halogens is 1. The zero-order valence-electron chi connectivity index (χ0n) is 11.1. The number of nitrogens with two attached hydrogens (primary N) is 1. The molecule has 2 unspecified atom stereocenters. The van der Waals surface area contributed by atoms with E-state index in [9.17, 15) is 4.57 Å². The van der Waals surface area contributed by atoms with Crippen LogP contribution in [0.25, 0.3) is 0 Å². The third-order valence-corrected chi connectivity index (χ3v) is 7.01. The fraction of sp³-hybridized carbons (Fsp3) is 0.417. The molecule has 0 saturated heterocycles. The Balaban J connectivity index is 2.59. The first-order valence-electron chi connectivity index (χ1n) is 5.94. The number of nitrogens with zero attached hydrogens (tertiary/aromatic N) is 2. The lowest BCUT2D eigenvalue weighted by Crippen LogP contribution is -2.32. The van der Waals surface area contributed by atoms with E-state index in [1.54, 1.807) is 11.6 Å². The van der Waals surface area contributed by atoms with Gasteiger partial charge < -0.3 is 10.3 Å². The van der Waals surface area contributed by atoms with Gasteiger partial charge in [0.2, 0.25) is 0 Å². The molecule has 1 heterocycles. The third-order valence-electron chi connectivity index (χ3n) is 3.40. The van der Waals surface area contributed by atoms with Gasteiger partial charge in [0.1, 0.15) is 0 Å². The summed E-state index contributed by atoms with van der Waals surface area (Å²) in [7, 11) is -1.75. The molecule has 0 spiro atoms. The summed E-state index contributed by atoms with van der Waals surface area (Å²) in [6.45, 7) is 4.16. The van der Waals surface area contributed by atoms with Gasteiger partial charge >= 0.3 is 7.52 Å². The summed E-state index contributed by atoms with van der Waals surface area (Å²) >= 11 is 3.38. The van der Waals surface area contributed by atoms with Crippen molar-refractivity contribution in [3.05, 3.63) is 34.3 Å². The molecule has 2 rings (SSSR count). The van der Waals surface area contributed by atoms with Gasteiger partial charge in [0, 0.05) is 18.1 Å². The molecule has 1 aliphatic heterocycles. The van der Waals surface area contributed by atoms with Crippen molar-refractivity contribution in [2.45, 2.75) is 19.1 Å². The number of rotatable bonds is 3. The average Bonchev–Trinajstić information content (AvgIpc) is 2.58. The van der Waals surface area contributed by atoms with Crippen molar-refractivity contribution < 1.29 is 9.09 Å². The maximum atomic E-state index is 13.2. The molecule has 0 aromatic heterocycles. The van der Waals surface area contributed by atoms with E-state index in [0.717, 1.165) is 10.0 Å². The van der Waals surface area contributed by atoms with Crippen molar-refractivity contribution in [2.75, 3.05) is 13.7 Å². The van der Waals surface area contributed by atoms with Gasteiger partial charge in [-0.25, -0.2) is 4.99 Å². The van der Waals surface area contributed by atoms with Crippen LogP contribution in [0, 0.1) is 0 Å². The molecule has 7 heteroatoms. The molecule has 1 aliphatic rings. The van der Waals surface area contributed by atoms with Crippen LogP contribution in [0.1, 0.15) is 19.4 Å².